The van der Waals surface area contributed by atoms with Crippen molar-refractivity contribution in [2.24, 2.45) is 0 Å². The van der Waals surface area contributed by atoms with Gasteiger partial charge in [-0.2, -0.15) is 0 Å². The van der Waals surface area contributed by atoms with Gasteiger partial charge in [-0.3, -0.25) is 29.8 Å². The van der Waals surface area contributed by atoms with Gasteiger partial charge < -0.3 is 11.5 Å². The van der Waals surface area contributed by atoms with Crippen molar-refractivity contribution in [3.05, 3.63) is 183 Å². The number of nitrogen functional groups attached to an aromatic ring is 2. The summed E-state index contributed by atoms with van der Waals surface area (Å²) in [5.74, 6) is -0.991. The zero-order chi connectivity index (χ0) is 40.5. The molecule has 4 N–H and O–H groups in total. The predicted octanol–water partition coefficient (Wildman–Crippen LogP) is 11.5. The Bertz CT molecular complexity index is 2530. The summed E-state index contributed by atoms with van der Waals surface area (Å²) in [5.41, 5.74) is 15.3. The average Bonchev–Trinajstić information content (AvgIpc) is 3.19. The summed E-state index contributed by atoms with van der Waals surface area (Å²) in [6.07, 6.45) is 0. The molecule has 6 aromatic carbocycles. The smallest absolute Gasteiger partial charge is 0.397 e. The summed E-state index contributed by atoms with van der Waals surface area (Å²) in [6.45, 7) is 0. The van der Waals surface area contributed by atoms with Crippen LogP contribution in [0.2, 0.25) is 0 Å². The van der Waals surface area contributed by atoms with Crippen LogP contribution in [0.4, 0.5) is 22.7 Å². The van der Waals surface area contributed by atoms with Crippen LogP contribution in [0, 0.1) is 20.2 Å². The number of benzene rings is 6. The highest BCUT2D eigenvalue weighted by Crippen LogP contribution is 2.34. The molecule has 0 saturated heterocycles. The minimum Gasteiger partial charge on any atom is -0.397 e. The number of para-hydroxylation sites is 2. The van der Waals surface area contributed by atoms with E-state index < -0.39 is 21.4 Å². The number of nitro benzene ring substituents is 2. The van der Waals surface area contributed by atoms with Crippen molar-refractivity contribution in [3.8, 4) is 22.5 Å². The Balaban J connectivity index is 0.000000207. The van der Waals surface area contributed by atoms with Crippen LogP contribution < -0.4 is 11.5 Å². The fourth-order valence-corrected chi connectivity index (χ4v) is 6.08. The number of nitro groups is 2. The van der Waals surface area contributed by atoms with Crippen LogP contribution in [-0.2, 0) is 0 Å². The molecular weight excluding hydrogens is 980 g/mol. The van der Waals surface area contributed by atoms with Crippen LogP contribution in [0.1, 0.15) is 22.1 Å². The predicted molar refractivity (Wildman–Crippen MR) is 232 cm³/mol. The minimum absolute atomic E-state index is 0. The monoisotopic (exact) mass is 1000 g/mol. The fraction of sp³-hybridized carbons (Fsp3) is 0. The molecule has 16 heteroatoms. The zero-order valence-electron chi connectivity index (χ0n) is 29.6. The van der Waals surface area contributed by atoms with Gasteiger partial charge in [-0.25, -0.2) is 9.97 Å². The second-order valence-electron chi connectivity index (χ2n) is 11.5. The number of nitrogens with two attached hydrogens (primary N) is 2. The lowest BCUT2D eigenvalue weighted by molar-refractivity contribution is -0.383. The topological polar surface area (TPSA) is 198 Å². The molecular formula is C40H27Br4N6O6+. The van der Waals surface area contributed by atoms with Crippen molar-refractivity contribution in [1.82, 2.24) is 9.97 Å². The van der Waals surface area contributed by atoms with Crippen molar-refractivity contribution < 1.29 is 20.9 Å². The van der Waals surface area contributed by atoms with Crippen molar-refractivity contribution in [1.29, 1.82) is 0 Å². The Morgan fingerprint density at radius 1 is 0.518 bits per heavy atom. The number of rotatable bonds is 7. The number of carbonyl (C=O) groups excluding carboxylic acids is 2. The first-order valence-corrected chi connectivity index (χ1v) is 19.3. The molecule has 0 radical (unpaired) electrons. The van der Waals surface area contributed by atoms with E-state index in [2.05, 4.69) is 68.7 Å². The molecule has 280 valence electrons. The van der Waals surface area contributed by atoms with Crippen LogP contribution in [0.5, 0.6) is 0 Å². The van der Waals surface area contributed by atoms with E-state index >= 15 is 0 Å². The summed E-state index contributed by atoms with van der Waals surface area (Å²) in [5, 5.41) is 21.7. The van der Waals surface area contributed by atoms with E-state index in [0.717, 1.165) is 29.0 Å². The first-order valence-electron chi connectivity index (χ1n) is 16.1. The van der Waals surface area contributed by atoms with Gasteiger partial charge in [-0.1, -0.05) is 100 Å². The second kappa shape index (κ2) is 18.8. The molecule has 0 saturated carbocycles. The average molecular weight is 1010 g/mol. The Hall–Kier alpha value is -5.68. The summed E-state index contributed by atoms with van der Waals surface area (Å²) in [4.78, 5) is 54.0. The van der Waals surface area contributed by atoms with E-state index in [1.807, 2.05) is 48.5 Å². The summed E-state index contributed by atoms with van der Waals surface area (Å²) in [7, 11) is 0. The molecule has 0 aliphatic carbocycles. The van der Waals surface area contributed by atoms with Gasteiger partial charge in [0.05, 0.1) is 32.4 Å². The number of aromatic nitrogens is 2. The third-order valence-corrected chi connectivity index (χ3v) is 9.95. The normalized spacial score (nSPS) is 10.4. The third-order valence-electron chi connectivity index (χ3n) is 7.84. The molecule has 0 aliphatic rings. The van der Waals surface area contributed by atoms with Crippen LogP contribution in [-0.4, -0.2) is 31.4 Å². The van der Waals surface area contributed by atoms with Crippen molar-refractivity contribution >= 4 is 109 Å². The van der Waals surface area contributed by atoms with Gasteiger partial charge in [-0.05, 0) is 84.9 Å². The molecule has 7 rings (SSSR count). The van der Waals surface area contributed by atoms with Crippen LogP contribution in [0.25, 0.3) is 33.5 Å². The highest BCUT2D eigenvalue weighted by Gasteiger charge is 2.20. The van der Waals surface area contributed by atoms with Crippen molar-refractivity contribution in [2.45, 2.75) is 0 Å². The third kappa shape index (κ3) is 10.3. The number of non-ortho nitro benzene ring substituents is 1. The van der Waals surface area contributed by atoms with E-state index in [9.17, 15) is 29.8 Å². The molecule has 56 heavy (non-hydrogen) atoms. The highest BCUT2D eigenvalue weighted by molar-refractivity contribution is 9.11. The molecule has 1 heterocycles. The summed E-state index contributed by atoms with van der Waals surface area (Å²) in [6, 6.07) is 38.0. The van der Waals surface area contributed by atoms with Crippen LogP contribution in [0.15, 0.2) is 151 Å². The van der Waals surface area contributed by atoms with Gasteiger partial charge in [0.1, 0.15) is 5.69 Å². The summed E-state index contributed by atoms with van der Waals surface area (Å²) < 4.78 is 3.64. The second-order valence-corrected chi connectivity index (χ2v) is 15.2. The molecule has 0 amide bonds. The van der Waals surface area contributed by atoms with Gasteiger partial charge in [-0.15, -0.1) is 0 Å². The quantitative estimate of drug-likeness (QED) is 0.0509. The Morgan fingerprint density at radius 2 is 0.893 bits per heavy atom. The van der Waals surface area contributed by atoms with Gasteiger partial charge in [0.15, 0.2) is 5.52 Å². The molecule has 0 atom stereocenters. The fourth-order valence-electron chi connectivity index (χ4n) is 5.02. The van der Waals surface area contributed by atoms with Crippen LogP contribution >= 0.6 is 63.7 Å². The van der Waals surface area contributed by atoms with Gasteiger partial charge in [0.2, 0.25) is 11.6 Å². The Morgan fingerprint density at radius 3 is 1.30 bits per heavy atom. The lowest BCUT2D eigenvalue weighted by Crippen LogP contribution is -2.14. The number of hydrogen-bond donors (Lipinski definition) is 2. The van der Waals surface area contributed by atoms with Crippen molar-refractivity contribution in [2.75, 3.05) is 11.5 Å². The lowest BCUT2D eigenvalue weighted by atomic mass is 10.0. The van der Waals surface area contributed by atoms with Crippen molar-refractivity contribution in [3.63, 3.8) is 0 Å². The van der Waals surface area contributed by atoms with Crippen LogP contribution in [0.3, 0.4) is 0 Å². The molecule has 0 spiro atoms. The molecule has 0 bridgehead atoms. The van der Waals surface area contributed by atoms with Gasteiger partial charge in [0, 0.05) is 52.3 Å². The number of Topliss-reactive ketones (excluding diaryl/α,β-unsaturated/α-hetero) is 2. The lowest BCUT2D eigenvalue weighted by Gasteiger charge is -2.11. The molecule has 0 fully saturated rings. The standard InChI is InChI=1S/C20H11Br2N3O2.C14H8Br2O2.C6H7N3O2/c21-14-8-4-12(5-9-14)18-19(13-6-10-15(22)11-7-13)24-20-16(23-18)2-1-3-17(20)25(26)27;15-11-5-1-9(2-6-11)13(17)14(18)10-3-7-12(16)8-4-10;7-4-2-1-3-5(6(4)8)9(10)11/h1-11H;1-8H;1-3H,7-8H2/p+1. The van der Waals surface area contributed by atoms with E-state index in [0.29, 0.717) is 28.0 Å². The molecule has 0 unspecified atom stereocenters. The van der Waals surface area contributed by atoms with E-state index in [1.165, 1.54) is 24.3 Å². The molecule has 7 aromatic rings. The van der Waals surface area contributed by atoms with Gasteiger partial charge >= 0.3 is 1.43 Å². The zero-order valence-corrected chi connectivity index (χ0v) is 35.0. The molecule has 0 aliphatic heterocycles. The number of hydrogen-bond acceptors (Lipinski definition) is 10. The maximum absolute atomic E-state index is 12.0. The highest BCUT2D eigenvalue weighted by atomic mass is 79.9. The SMILES string of the molecule is Nc1cccc([N+](=O)[O-])c1N.O=C(C(=O)c1ccc(Br)cc1)c1ccc(Br)cc1.O=[N+]([O-])c1cccc2nc(-c3ccc(Br)cc3)c(-c3ccc(Br)cc3)nc12.[H+]. The molecule has 1 aromatic heterocycles. The minimum atomic E-state index is -0.564. The maximum Gasteiger partial charge on any atom is 1.00 e. The first-order chi connectivity index (χ1) is 26.7. The first kappa shape index (κ1) is 41.5. The Labute approximate surface area is 354 Å². The largest absolute Gasteiger partial charge is 1.00 e. The number of carbonyl (C=O) groups is 2. The van der Waals surface area contributed by atoms with E-state index in [1.54, 1.807) is 60.7 Å². The van der Waals surface area contributed by atoms with Gasteiger partial charge in [0.25, 0.3) is 11.4 Å². The maximum atomic E-state index is 12.0. The van der Waals surface area contributed by atoms with E-state index in [-0.39, 0.29) is 29.7 Å². The van der Waals surface area contributed by atoms with E-state index in [4.69, 9.17) is 16.5 Å². The molecule has 12 nitrogen and oxygen atoms in total. The number of halogens is 4. The number of ketones is 2. The Kier molecular flexibility index (Phi) is 13.9. The number of fused-ring (bicyclic) bond motifs is 1. The number of anilines is 2. The number of nitrogens with zero attached hydrogens (tertiary/aromatic N) is 4. The summed E-state index contributed by atoms with van der Waals surface area (Å²) >= 11 is 13.4.